The van der Waals surface area contributed by atoms with Gasteiger partial charge >= 0.3 is 0 Å². The molecule has 2 aliphatic heterocycles. The number of piperazine rings is 1. The average molecular weight is 872 g/mol. The molecular weight excluding hydrogens is 815 g/mol. The third-order valence-corrected chi connectivity index (χ3v) is 10.4. The van der Waals surface area contributed by atoms with Crippen LogP contribution in [0, 0.1) is 6.92 Å². The van der Waals surface area contributed by atoms with E-state index < -0.39 is 0 Å². The molecule has 0 bridgehead atoms. The number of nitrogens with one attached hydrogen (secondary N) is 2. The molecule has 0 unspecified atom stereocenters. The summed E-state index contributed by atoms with van der Waals surface area (Å²) in [5.41, 5.74) is 11.8. The summed E-state index contributed by atoms with van der Waals surface area (Å²) in [5.74, 6) is 2.21. The molecule has 2 amide bonds. The number of aromatic nitrogens is 3. The maximum Gasteiger partial charge on any atom is 0.255 e. The molecule has 2 aromatic heterocycles. The number of carbonyl (C=O) groups is 2. The van der Waals surface area contributed by atoms with Gasteiger partial charge in [-0.15, -0.1) is 0 Å². The highest BCUT2D eigenvalue weighted by Crippen LogP contribution is 2.35. The van der Waals surface area contributed by atoms with E-state index in [4.69, 9.17) is 38.7 Å². The van der Waals surface area contributed by atoms with Gasteiger partial charge in [-0.05, 0) is 54.8 Å². The van der Waals surface area contributed by atoms with Crippen LogP contribution in [0.2, 0.25) is 0 Å². The molecule has 2 N–H and O–H groups in total. The molecule has 0 radical (unpaired) electrons. The minimum Gasteiger partial charge on any atom is -0.493 e. The highest BCUT2D eigenvalue weighted by atomic mass is 16.6. The fourth-order valence-electron chi connectivity index (χ4n) is 6.88. The number of hydrogen-bond acceptors (Lipinski definition) is 16. The monoisotopic (exact) mass is 871 g/mol. The Morgan fingerprint density at radius 2 is 1.59 bits per heavy atom. The van der Waals surface area contributed by atoms with E-state index in [1.54, 1.807) is 25.4 Å². The Morgan fingerprint density at radius 1 is 0.841 bits per heavy atom. The molecule has 2 aliphatic rings. The minimum atomic E-state index is -0.234. The second-order valence-corrected chi connectivity index (χ2v) is 14.6. The smallest absolute Gasteiger partial charge is 0.255 e. The van der Waals surface area contributed by atoms with Gasteiger partial charge in [-0.1, -0.05) is 11.2 Å². The van der Waals surface area contributed by atoms with Crippen LogP contribution in [0.5, 0.6) is 11.5 Å². The molecule has 2 fully saturated rings. The van der Waals surface area contributed by atoms with Crippen molar-refractivity contribution in [2.75, 3.05) is 148 Å². The fourth-order valence-corrected chi connectivity index (χ4v) is 6.88. The number of rotatable bonds is 25. The zero-order chi connectivity index (χ0) is 44.1. The molecule has 2 saturated heterocycles. The van der Waals surface area contributed by atoms with Crippen molar-refractivity contribution in [1.82, 2.24) is 24.8 Å². The molecule has 4 heterocycles. The van der Waals surface area contributed by atoms with Gasteiger partial charge in [0.2, 0.25) is 5.91 Å². The molecule has 0 atom stereocenters. The van der Waals surface area contributed by atoms with Crippen molar-refractivity contribution in [3.05, 3.63) is 76.6 Å². The van der Waals surface area contributed by atoms with Gasteiger partial charge in [0.25, 0.3) is 5.91 Å². The largest absolute Gasteiger partial charge is 0.493 e. The summed E-state index contributed by atoms with van der Waals surface area (Å²) >= 11 is 0. The van der Waals surface area contributed by atoms with E-state index in [1.165, 1.54) is 6.33 Å². The van der Waals surface area contributed by atoms with Gasteiger partial charge in [-0.25, -0.2) is 15.0 Å². The van der Waals surface area contributed by atoms with E-state index in [0.29, 0.717) is 120 Å². The van der Waals surface area contributed by atoms with Crippen LogP contribution in [-0.2, 0) is 28.5 Å². The second kappa shape index (κ2) is 25.3. The Bertz CT molecular complexity index is 2130. The summed E-state index contributed by atoms with van der Waals surface area (Å²) < 4.78 is 39.1. The summed E-state index contributed by atoms with van der Waals surface area (Å²) in [5, 5.41) is 10.6. The van der Waals surface area contributed by atoms with Crippen molar-refractivity contribution in [3.8, 4) is 11.5 Å². The number of benzene rings is 2. The molecule has 0 spiro atoms. The first-order chi connectivity index (χ1) is 30.9. The minimum absolute atomic E-state index is 0.0220. The van der Waals surface area contributed by atoms with Crippen LogP contribution in [-0.4, -0.2) is 169 Å². The lowest BCUT2D eigenvalue weighted by molar-refractivity contribution is -0.138. The lowest BCUT2D eigenvalue weighted by Crippen LogP contribution is -2.50. The van der Waals surface area contributed by atoms with E-state index in [1.807, 2.05) is 42.2 Å². The van der Waals surface area contributed by atoms with Gasteiger partial charge in [0, 0.05) is 91.9 Å². The zero-order valence-corrected chi connectivity index (χ0v) is 36.0. The van der Waals surface area contributed by atoms with Crippen LogP contribution in [0.25, 0.3) is 21.3 Å². The summed E-state index contributed by atoms with van der Waals surface area (Å²) in [6.45, 7) is 11.9. The predicted molar refractivity (Wildman–Crippen MR) is 236 cm³/mol. The van der Waals surface area contributed by atoms with Crippen LogP contribution in [0.1, 0.15) is 22.3 Å². The standard InChI is InChI=1S/C43H57N11O9/c1-32-4-5-34(49-43(56)33-6-7-45-40(26-33)53-14-18-59-19-15-53)27-36(32)50-42-35-28-38(57-2)39(29-37(35)46-31-47-42)63-16-3-9-52-10-12-54(13-11-52)41(55)30-62-25-24-61-23-22-60-21-20-58-17-8-48-51-44/h4-7,26-29,31H,3,8-25,30H2,1-2H3,(H,49,56)(H,46,47,50). The highest BCUT2D eigenvalue weighted by molar-refractivity contribution is 6.05. The van der Waals surface area contributed by atoms with Gasteiger partial charge in [0.15, 0.2) is 11.5 Å². The van der Waals surface area contributed by atoms with Gasteiger partial charge in [0.1, 0.15) is 24.6 Å². The molecule has 4 aromatic rings. The number of methoxy groups -OCH3 is 1. The molecule has 20 nitrogen and oxygen atoms in total. The number of aryl methyl sites for hydroxylation is 1. The first-order valence-electron chi connectivity index (χ1n) is 21.2. The molecule has 2 aromatic carbocycles. The molecule has 0 aliphatic carbocycles. The average Bonchev–Trinajstić information content (AvgIpc) is 3.31. The molecule has 20 heteroatoms. The summed E-state index contributed by atoms with van der Waals surface area (Å²) in [6.07, 6.45) is 3.94. The normalized spacial score (nSPS) is 14.3. The number of anilines is 4. The fraction of sp³-hybridized carbons (Fsp3) is 0.512. The van der Waals surface area contributed by atoms with Crippen LogP contribution in [0.3, 0.4) is 0 Å². The van der Waals surface area contributed by atoms with Crippen LogP contribution >= 0.6 is 0 Å². The Labute approximate surface area is 366 Å². The Hall–Kier alpha value is -5.86. The van der Waals surface area contributed by atoms with Gasteiger partial charge < -0.3 is 53.6 Å². The number of fused-ring (bicyclic) bond motifs is 1. The van der Waals surface area contributed by atoms with Crippen molar-refractivity contribution in [2.24, 2.45) is 5.11 Å². The molecule has 63 heavy (non-hydrogen) atoms. The number of azide groups is 1. The number of ether oxygens (including phenoxy) is 7. The third kappa shape index (κ3) is 14.6. The highest BCUT2D eigenvalue weighted by Gasteiger charge is 2.21. The first kappa shape index (κ1) is 46.6. The first-order valence-corrected chi connectivity index (χ1v) is 21.2. The number of hydrogen-bond donors (Lipinski definition) is 2. The number of amides is 2. The van der Waals surface area contributed by atoms with Crippen molar-refractivity contribution >= 4 is 45.7 Å². The van der Waals surface area contributed by atoms with Crippen molar-refractivity contribution in [3.63, 3.8) is 0 Å². The predicted octanol–water partition coefficient (Wildman–Crippen LogP) is 4.46. The maximum absolute atomic E-state index is 13.3. The maximum atomic E-state index is 13.3. The second-order valence-electron chi connectivity index (χ2n) is 14.6. The number of nitrogens with zero attached hydrogens (tertiary/aromatic N) is 9. The van der Waals surface area contributed by atoms with E-state index in [-0.39, 0.29) is 18.4 Å². The van der Waals surface area contributed by atoms with Gasteiger partial charge in [-0.2, -0.15) is 0 Å². The zero-order valence-electron chi connectivity index (χ0n) is 36.0. The topological polar surface area (TPSA) is 220 Å². The van der Waals surface area contributed by atoms with Crippen LogP contribution in [0.4, 0.5) is 23.0 Å². The van der Waals surface area contributed by atoms with Crippen LogP contribution < -0.4 is 25.0 Å². The molecule has 6 rings (SSSR count). The van der Waals surface area contributed by atoms with E-state index >= 15 is 0 Å². The molecule has 0 saturated carbocycles. The summed E-state index contributed by atoms with van der Waals surface area (Å²) in [4.78, 5) is 48.5. The van der Waals surface area contributed by atoms with Gasteiger partial charge in [-0.3, -0.25) is 14.5 Å². The SMILES string of the molecule is COc1cc2c(Nc3cc(NC(=O)c4ccnc(N5CCOCC5)c4)ccc3C)ncnc2cc1OCCCN1CCN(C(=O)COCCOCCOCCOCCN=[N+]=[N-])CC1. The summed E-state index contributed by atoms with van der Waals surface area (Å²) in [6, 6.07) is 12.9. The van der Waals surface area contributed by atoms with E-state index in [0.717, 1.165) is 61.6 Å². The van der Waals surface area contributed by atoms with Crippen molar-refractivity contribution in [1.29, 1.82) is 0 Å². The summed E-state index contributed by atoms with van der Waals surface area (Å²) in [7, 11) is 1.60. The van der Waals surface area contributed by atoms with Crippen molar-refractivity contribution < 1.29 is 42.7 Å². The van der Waals surface area contributed by atoms with E-state index in [9.17, 15) is 9.59 Å². The number of morpholine rings is 1. The third-order valence-electron chi connectivity index (χ3n) is 10.4. The van der Waals surface area contributed by atoms with E-state index in [2.05, 4.69) is 45.4 Å². The van der Waals surface area contributed by atoms with Crippen molar-refractivity contribution in [2.45, 2.75) is 13.3 Å². The Morgan fingerprint density at radius 3 is 2.33 bits per heavy atom. The Balaban J connectivity index is 0.900. The lowest BCUT2D eigenvalue weighted by atomic mass is 10.1. The molecular formula is C43H57N11O9. The number of pyridine rings is 1. The number of carbonyl (C=O) groups excluding carboxylic acids is 2. The van der Waals surface area contributed by atoms with Gasteiger partial charge in [0.05, 0.1) is 78.7 Å². The molecule has 338 valence electrons. The Kier molecular flexibility index (Phi) is 18.7. The lowest BCUT2D eigenvalue weighted by Gasteiger charge is -2.34. The quantitative estimate of drug-likeness (QED) is 0.0406. The van der Waals surface area contributed by atoms with Crippen LogP contribution in [0.15, 0.2) is 60.1 Å².